The van der Waals surface area contributed by atoms with Crippen LogP contribution in [0, 0.1) is 0 Å². The molecule has 0 unspecified atom stereocenters. The number of hydrogen-bond donors (Lipinski definition) is 0. The lowest BCUT2D eigenvalue weighted by atomic mass is 9.93. The number of fused-ring (bicyclic) bond motifs is 2. The molecule has 0 aliphatic carbocycles. The zero-order valence-electron chi connectivity index (χ0n) is 12.6. The van der Waals surface area contributed by atoms with Crippen molar-refractivity contribution in [3.05, 3.63) is 53.5 Å². The molecule has 0 saturated carbocycles. The highest BCUT2D eigenvalue weighted by atomic mass is 16.5. The van der Waals surface area contributed by atoms with E-state index in [4.69, 9.17) is 9.15 Å². The molecular weight excluding hydrogens is 272 g/mol. The smallest absolute Gasteiger partial charge is 0.177 e. The molecule has 4 aromatic rings. The maximum absolute atomic E-state index is 5.95. The Bertz CT molecular complexity index is 1080. The Balaban J connectivity index is 2.41. The van der Waals surface area contributed by atoms with E-state index >= 15 is 0 Å². The first-order valence-electron chi connectivity index (χ1n) is 7.31. The second kappa shape index (κ2) is 4.63. The molecule has 0 aliphatic heterocycles. The van der Waals surface area contributed by atoms with Crippen molar-refractivity contribution in [2.75, 3.05) is 7.11 Å². The summed E-state index contributed by atoms with van der Waals surface area (Å²) >= 11 is 0. The van der Waals surface area contributed by atoms with Crippen molar-refractivity contribution in [2.24, 2.45) is 0 Å². The molecule has 0 aliphatic rings. The molecule has 0 fully saturated rings. The molecular formula is C20H16O2. The summed E-state index contributed by atoms with van der Waals surface area (Å²) in [6.07, 6.45) is 4.18. The Morgan fingerprint density at radius 1 is 1.00 bits per heavy atom. The SMILES string of the molecule is C=c1oc2c(OC)ccc3c4ccccc4c(/C=C\C)c1c23. The molecule has 0 amide bonds. The van der Waals surface area contributed by atoms with Crippen molar-refractivity contribution < 1.29 is 9.15 Å². The van der Waals surface area contributed by atoms with Crippen molar-refractivity contribution in [2.45, 2.75) is 6.92 Å². The first-order valence-corrected chi connectivity index (χ1v) is 7.31. The number of benzene rings is 3. The summed E-state index contributed by atoms with van der Waals surface area (Å²) in [5.41, 5.74) is 2.61. The van der Waals surface area contributed by atoms with Crippen LogP contribution in [0.2, 0.25) is 0 Å². The van der Waals surface area contributed by atoms with Crippen LogP contribution in [0.25, 0.3) is 45.2 Å². The molecule has 4 rings (SSSR count). The largest absolute Gasteiger partial charge is 0.493 e. The zero-order chi connectivity index (χ0) is 15.3. The van der Waals surface area contributed by atoms with Crippen molar-refractivity contribution in [1.82, 2.24) is 0 Å². The standard InChI is InChI=1S/C20H16O2/c1-4-7-15-13-8-5-6-9-14(13)16-10-11-17(21-3)20-19(16)18(15)12(2)22-20/h4-11H,2H2,1,3H3/b7-4-. The highest BCUT2D eigenvalue weighted by molar-refractivity contribution is 6.25. The summed E-state index contributed by atoms with van der Waals surface area (Å²) in [4.78, 5) is 0. The summed E-state index contributed by atoms with van der Waals surface area (Å²) in [6, 6.07) is 12.5. The fourth-order valence-corrected chi connectivity index (χ4v) is 3.32. The maximum atomic E-state index is 5.95. The molecule has 2 heteroatoms. The Morgan fingerprint density at radius 3 is 2.50 bits per heavy atom. The number of furan rings is 1. The molecule has 0 bridgehead atoms. The molecule has 0 atom stereocenters. The fraction of sp³-hybridized carbons (Fsp3) is 0.100. The van der Waals surface area contributed by atoms with Crippen molar-refractivity contribution >= 4 is 45.2 Å². The summed E-state index contributed by atoms with van der Waals surface area (Å²) in [7, 11) is 1.66. The Morgan fingerprint density at radius 2 is 1.77 bits per heavy atom. The number of ether oxygens (including phenoxy) is 1. The molecule has 0 N–H and O–H groups in total. The van der Waals surface area contributed by atoms with Crippen LogP contribution >= 0.6 is 0 Å². The van der Waals surface area contributed by atoms with E-state index in [0.717, 1.165) is 27.7 Å². The van der Waals surface area contributed by atoms with Crippen LogP contribution in [0.5, 0.6) is 5.75 Å². The second-order valence-electron chi connectivity index (χ2n) is 5.38. The van der Waals surface area contributed by atoms with Gasteiger partial charge in [-0.25, -0.2) is 0 Å². The topological polar surface area (TPSA) is 22.4 Å². The number of allylic oxidation sites excluding steroid dienone is 1. The van der Waals surface area contributed by atoms with Crippen molar-refractivity contribution in [3.63, 3.8) is 0 Å². The molecule has 0 saturated heterocycles. The van der Waals surface area contributed by atoms with Crippen molar-refractivity contribution in [3.8, 4) is 5.75 Å². The summed E-state index contributed by atoms with van der Waals surface area (Å²) in [5, 5.41) is 5.77. The van der Waals surface area contributed by atoms with Crippen LogP contribution in [0.3, 0.4) is 0 Å². The molecule has 108 valence electrons. The predicted molar refractivity (Wildman–Crippen MR) is 93.2 cm³/mol. The molecule has 22 heavy (non-hydrogen) atoms. The van der Waals surface area contributed by atoms with Gasteiger partial charge >= 0.3 is 0 Å². The second-order valence-corrected chi connectivity index (χ2v) is 5.38. The van der Waals surface area contributed by atoms with E-state index in [1.54, 1.807) is 7.11 Å². The summed E-state index contributed by atoms with van der Waals surface area (Å²) < 4.78 is 11.4. The number of methoxy groups -OCH3 is 1. The van der Waals surface area contributed by atoms with E-state index in [-0.39, 0.29) is 0 Å². The van der Waals surface area contributed by atoms with E-state index < -0.39 is 0 Å². The van der Waals surface area contributed by atoms with E-state index in [1.807, 2.05) is 13.0 Å². The highest BCUT2D eigenvalue weighted by Crippen LogP contribution is 2.40. The molecule has 3 aromatic carbocycles. The lowest BCUT2D eigenvalue weighted by Crippen LogP contribution is -1.94. The van der Waals surface area contributed by atoms with Crippen LogP contribution in [-0.2, 0) is 0 Å². The lowest BCUT2D eigenvalue weighted by molar-refractivity contribution is 0.409. The number of hydrogen-bond acceptors (Lipinski definition) is 2. The molecule has 1 heterocycles. The van der Waals surface area contributed by atoms with Gasteiger partial charge in [-0.1, -0.05) is 43.0 Å². The monoisotopic (exact) mass is 288 g/mol. The molecule has 0 spiro atoms. The van der Waals surface area contributed by atoms with E-state index in [0.29, 0.717) is 5.42 Å². The minimum absolute atomic E-state index is 0.684. The van der Waals surface area contributed by atoms with Gasteiger partial charge in [-0.2, -0.15) is 0 Å². The van der Waals surface area contributed by atoms with Gasteiger partial charge in [-0.3, -0.25) is 0 Å². The molecule has 1 aromatic heterocycles. The maximum Gasteiger partial charge on any atom is 0.177 e. The highest BCUT2D eigenvalue weighted by Gasteiger charge is 2.18. The van der Waals surface area contributed by atoms with Gasteiger partial charge in [0.05, 0.1) is 7.11 Å². The normalized spacial score (nSPS) is 12.1. The molecule has 2 nitrogen and oxygen atoms in total. The predicted octanol–water partition coefficient (Wildman–Crippen LogP) is 4.91. The van der Waals surface area contributed by atoms with E-state index in [2.05, 4.69) is 49.1 Å². The third-order valence-corrected chi connectivity index (χ3v) is 4.21. The van der Waals surface area contributed by atoms with Crippen LogP contribution in [0.1, 0.15) is 12.5 Å². The van der Waals surface area contributed by atoms with Crippen LogP contribution in [-0.4, -0.2) is 7.11 Å². The van der Waals surface area contributed by atoms with Gasteiger partial charge in [0.15, 0.2) is 11.3 Å². The average Bonchev–Trinajstić information content (AvgIpc) is 2.89. The lowest BCUT2D eigenvalue weighted by Gasteiger charge is -2.09. The van der Waals surface area contributed by atoms with E-state index in [1.165, 1.54) is 16.2 Å². The number of rotatable bonds is 2. The summed E-state index contributed by atoms with van der Waals surface area (Å²) in [6.45, 7) is 6.13. The van der Waals surface area contributed by atoms with Gasteiger partial charge in [0.2, 0.25) is 0 Å². The minimum Gasteiger partial charge on any atom is -0.493 e. The third kappa shape index (κ3) is 1.55. The van der Waals surface area contributed by atoms with Crippen molar-refractivity contribution in [1.29, 1.82) is 0 Å². The van der Waals surface area contributed by atoms with Gasteiger partial charge in [0.25, 0.3) is 0 Å². The quantitative estimate of drug-likeness (QED) is 0.489. The first kappa shape index (κ1) is 13.0. The minimum atomic E-state index is 0.684. The summed E-state index contributed by atoms with van der Waals surface area (Å²) in [5.74, 6) is 0.745. The van der Waals surface area contributed by atoms with E-state index in [9.17, 15) is 0 Å². The van der Waals surface area contributed by atoms with Crippen LogP contribution < -0.4 is 10.2 Å². The zero-order valence-corrected chi connectivity index (χ0v) is 12.6. The van der Waals surface area contributed by atoms with Crippen LogP contribution in [0.15, 0.2) is 46.9 Å². The average molecular weight is 288 g/mol. The van der Waals surface area contributed by atoms with Gasteiger partial charge in [0, 0.05) is 10.8 Å². The van der Waals surface area contributed by atoms with Gasteiger partial charge in [-0.15, -0.1) is 0 Å². The third-order valence-electron chi connectivity index (χ3n) is 4.21. The fourth-order valence-electron chi connectivity index (χ4n) is 3.32. The first-order chi connectivity index (χ1) is 10.8. The van der Waals surface area contributed by atoms with Gasteiger partial charge in [-0.05, 0) is 40.8 Å². The Kier molecular flexibility index (Phi) is 2.73. The van der Waals surface area contributed by atoms with Gasteiger partial charge < -0.3 is 9.15 Å². The molecule has 0 radical (unpaired) electrons. The van der Waals surface area contributed by atoms with Crippen LogP contribution in [0.4, 0.5) is 0 Å². The Labute approximate surface area is 128 Å². The van der Waals surface area contributed by atoms with Gasteiger partial charge in [0.1, 0.15) is 5.42 Å². The Hall–Kier alpha value is -2.74.